The molecule has 0 aromatic carbocycles. The van der Waals surface area contributed by atoms with E-state index in [1.54, 1.807) is 16.8 Å². The number of nitrogens with two attached hydrogens (primary N) is 1. The topological polar surface area (TPSA) is 106 Å². The zero-order chi connectivity index (χ0) is 13.6. The van der Waals surface area contributed by atoms with Crippen LogP contribution in [0.1, 0.15) is 12.6 Å². The summed E-state index contributed by atoms with van der Waals surface area (Å²) >= 11 is 5.80. The normalized spacial score (nSPS) is 27.2. The largest absolute Gasteiger partial charge is 0.394 e. The second kappa shape index (κ2) is 4.61. The molecule has 3 atom stereocenters. The summed E-state index contributed by atoms with van der Waals surface area (Å²) in [6.07, 6.45) is 0.425. The fourth-order valence-electron chi connectivity index (χ4n) is 2.31. The van der Waals surface area contributed by atoms with Crippen LogP contribution in [0.5, 0.6) is 0 Å². The van der Waals surface area contributed by atoms with E-state index in [9.17, 15) is 5.11 Å². The van der Waals surface area contributed by atoms with Crippen LogP contribution in [0.3, 0.4) is 0 Å². The van der Waals surface area contributed by atoms with E-state index in [4.69, 9.17) is 27.2 Å². The molecule has 0 saturated carbocycles. The SMILES string of the molecule is Nc1nc(Cl)nc2c1ccn2[C@H]1C[C@@H](O)C(CO)O1. The van der Waals surface area contributed by atoms with Crippen molar-refractivity contribution in [2.45, 2.75) is 24.9 Å². The fourth-order valence-corrected chi connectivity index (χ4v) is 2.48. The van der Waals surface area contributed by atoms with Gasteiger partial charge < -0.3 is 25.3 Å². The van der Waals surface area contributed by atoms with Crippen LogP contribution < -0.4 is 5.73 Å². The van der Waals surface area contributed by atoms with Gasteiger partial charge in [-0.1, -0.05) is 0 Å². The van der Waals surface area contributed by atoms with Gasteiger partial charge in [0.15, 0.2) is 0 Å². The van der Waals surface area contributed by atoms with Crippen molar-refractivity contribution in [1.82, 2.24) is 14.5 Å². The first kappa shape index (κ1) is 12.6. The summed E-state index contributed by atoms with van der Waals surface area (Å²) in [6, 6.07) is 1.77. The zero-order valence-electron chi connectivity index (χ0n) is 9.90. The molecule has 1 aliphatic heterocycles. The van der Waals surface area contributed by atoms with Crippen LogP contribution in [0.15, 0.2) is 12.3 Å². The van der Waals surface area contributed by atoms with E-state index in [1.807, 2.05) is 0 Å². The molecule has 0 bridgehead atoms. The highest BCUT2D eigenvalue weighted by atomic mass is 35.5. The first-order chi connectivity index (χ1) is 9.10. The second-order valence-electron chi connectivity index (χ2n) is 4.45. The molecular weight excluding hydrogens is 272 g/mol. The third-order valence-corrected chi connectivity index (χ3v) is 3.44. The van der Waals surface area contributed by atoms with Crippen molar-refractivity contribution < 1.29 is 14.9 Å². The van der Waals surface area contributed by atoms with E-state index < -0.39 is 18.4 Å². The van der Waals surface area contributed by atoms with Gasteiger partial charge in [-0.15, -0.1) is 0 Å². The monoisotopic (exact) mass is 284 g/mol. The van der Waals surface area contributed by atoms with Crippen molar-refractivity contribution in [2.75, 3.05) is 12.3 Å². The molecule has 1 unspecified atom stereocenters. The van der Waals surface area contributed by atoms with Crippen LogP contribution in [0, 0.1) is 0 Å². The van der Waals surface area contributed by atoms with Gasteiger partial charge in [0.05, 0.1) is 18.1 Å². The van der Waals surface area contributed by atoms with Gasteiger partial charge in [-0.25, -0.2) is 4.98 Å². The van der Waals surface area contributed by atoms with Gasteiger partial charge in [0.25, 0.3) is 0 Å². The highest BCUT2D eigenvalue weighted by Crippen LogP contribution is 2.32. The Bertz CT molecular complexity index is 617. The number of ether oxygens (including phenoxy) is 1. The molecule has 2 aromatic rings. The lowest BCUT2D eigenvalue weighted by atomic mass is 10.2. The number of aliphatic hydroxyl groups is 2. The molecule has 0 amide bonds. The summed E-state index contributed by atoms with van der Waals surface area (Å²) < 4.78 is 7.31. The summed E-state index contributed by atoms with van der Waals surface area (Å²) in [5, 5.41) is 19.6. The number of aromatic nitrogens is 3. The van der Waals surface area contributed by atoms with E-state index in [1.165, 1.54) is 0 Å². The van der Waals surface area contributed by atoms with E-state index >= 15 is 0 Å². The Kier molecular flexibility index (Phi) is 3.06. The Morgan fingerprint density at radius 2 is 2.32 bits per heavy atom. The summed E-state index contributed by atoms with van der Waals surface area (Å²) in [6.45, 7) is -0.227. The molecule has 1 aliphatic rings. The van der Waals surface area contributed by atoms with Crippen molar-refractivity contribution in [1.29, 1.82) is 0 Å². The van der Waals surface area contributed by atoms with E-state index in [0.29, 0.717) is 23.3 Å². The van der Waals surface area contributed by atoms with Crippen LogP contribution in [0.4, 0.5) is 5.82 Å². The molecule has 0 aliphatic carbocycles. The van der Waals surface area contributed by atoms with Crippen LogP contribution in [-0.4, -0.2) is 43.6 Å². The average Bonchev–Trinajstić information content (AvgIpc) is 2.92. The Morgan fingerprint density at radius 1 is 1.53 bits per heavy atom. The molecule has 1 fully saturated rings. The first-order valence-corrected chi connectivity index (χ1v) is 6.22. The second-order valence-corrected chi connectivity index (χ2v) is 4.79. The quantitative estimate of drug-likeness (QED) is 0.685. The third-order valence-electron chi connectivity index (χ3n) is 3.27. The molecule has 4 N–H and O–H groups in total. The Morgan fingerprint density at radius 3 is 3.00 bits per heavy atom. The van der Waals surface area contributed by atoms with Gasteiger partial charge in [-0.3, -0.25) is 0 Å². The maximum Gasteiger partial charge on any atom is 0.226 e. The number of hydrogen-bond donors (Lipinski definition) is 3. The van der Waals surface area contributed by atoms with Gasteiger partial charge in [0, 0.05) is 12.6 Å². The molecule has 7 nitrogen and oxygen atoms in total. The standard InChI is InChI=1S/C11H13ClN4O3/c12-11-14-9(13)5-1-2-16(10(5)15-11)8-3-6(18)7(4-17)19-8/h1-2,6-8,17-18H,3-4H2,(H2,13,14,15)/t6-,7?,8-/m1/s1. The molecule has 3 heterocycles. The number of fused-ring (bicyclic) bond motifs is 1. The predicted octanol–water partition coefficient (Wildman–Crippen LogP) is 0.308. The lowest BCUT2D eigenvalue weighted by Crippen LogP contribution is -2.24. The first-order valence-electron chi connectivity index (χ1n) is 5.84. The van der Waals surface area contributed by atoms with Crippen LogP contribution in [-0.2, 0) is 4.74 Å². The highest BCUT2D eigenvalue weighted by Gasteiger charge is 2.35. The number of rotatable bonds is 2. The van der Waals surface area contributed by atoms with Crippen molar-refractivity contribution in [3.8, 4) is 0 Å². The van der Waals surface area contributed by atoms with Crippen LogP contribution in [0.25, 0.3) is 11.0 Å². The van der Waals surface area contributed by atoms with Crippen molar-refractivity contribution >= 4 is 28.5 Å². The number of halogens is 1. The van der Waals surface area contributed by atoms with Gasteiger partial charge in [-0.05, 0) is 17.7 Å². The number of aliphatic hydroxyl groups excluding tert-OH is 2. The maximum atomic E-state index is 9.76. The molecule has 1 saturated heterocycles. The summed E-state index contributed by atoms with van der Waals surface area (Å²) in [4.78, 5) is 8.01. The van der Waals surface area contributed by atoms with Gasteiger partial charge in [0.2, 0.25) is 5.28 Å². The lowest BCUT2D eigenvalue weighted by Gasteiger charge is -2.14. The van der Waals surface area contributed by atoms with E-state index in [-0.39, 0.29) is 11.9 Å². The van der Waals surface area contributed by atoms with Gasteiger partial charge in [0.1, 0.15) is 23.8 Å². The Labute approximate surface area is 113 Å². The van der Waals surface area contributed by atoms with Gasteiger partial charge in [-0.2, -0.15) is 4.98 Å². The van der Waals surface area contributed by atoms with Crippen LogP contribution >= 0.6 is 11.6 Å². The van der Waals surface area contributed by atoms with Crippen molar-refractivity contribution in [3.05, 3.63) is 17.5 Å². The number of nitrogen functional groups attached to an aromatic ring is 1. The molecule has 2 aromatic heterocycles. The summed E-state index contributed by atoms with van der Waals surface area (Å²) in [7, 11) is 0. The molecule has 3 rings (SSSR count). The number of nitrogens with zero attached hydrogens (tertiary/aromatic N) is 3. The minimum Gasteiger partial charge on any atom is -0.394 e. The predicted molar refractivity (Wildman–Crippen MR) is 68.6 cm³/mol. The average molecular weight is 285 g/mol. The molecule has 0 radical (unpaired) electrons. The maximum absolute atomic E-state index is 9.76. The molecule has 0 spiro atoms. The third kappa shape index (κ3) is 2.04. The summed E-state index contributed by atoms with van der Waals surface area (Å²) in [5.41, 5.74) is 6.32. The molecule has 102 valence electrons. The smallest absolute Gasteiger partial charge is 0.226 e. The minimum atomic E-state index is -0.706. The van der Waals surface area contributed by atoms with Crippen molar-refractivity contribution in [3.63, 3.8) is 0 Å². The Balaban J connectivity index is 2.02. The number of hydrogen-bond acceptors (Lipinski definition) is 6. The van der Waals surface area contributed by atoms with Gasteiger partial charge >= 0.3 is 0 Å². The summed E-state index contributed by atoms with van der Waals surface area (Å²) in [5.74, 6) is 0.297. The highest BCUT2D eigenvalue weighted by molar-refractivity contribution is 6.28. The lowest BCUT2D eigenvalue weighted by molar-refractivity contribution is -0.0430. The molecule has 8 heteroatoms. The molecule has 19 heavy (non-hydrogen) atoms. The minimum absolute atomic E-state index is 0.0576. The zero-order valence-corrected chi connectivity index (χ0v) is 10.7. The molecular formula is C11H13ClN4O3. The number of anilines is 1. The van der Waals surface area contributed by atoms with Crippen LogP contribution in [0.2, 0.25) is 5.28 Å². The van der Waals surface area contributed by atoms with E-state index in [0.717, 1.165) is 0 Å². The van der Waals surface area contributed by atoms with Crippen molar-refractivity contribution in [2.24, 2.45) is 0 Å². The Hall–Kier alpha value is -1.41. The van der Waals surface area contributed by atoms with E-state index in [2.05, 4.69) is 9.97 Å². The fraction of sp³-hybridized carbons (Fsp3) is 0.455.